The molecule has 6 heteroatoms. The number of aliphatic hydroxyl groups is 1. The lowest BCUT2D eigenvalue weighted by molar-refractivity contribution is 0.275. The van der Waals surface area contributed by atoms with Gasteiger partial charge in [-0.1, -0.05) is 11.3 Å². The number of pyridine rings is 1. The molecule has 0 saturated heterocycles. The van der Waals surface area contributed by atoms with E-state index in [1.807, 2.05) is 12.1 Å². The van der Waals surface area contributed by atoms with Crippen molar-refractivity contribution < 1.29 is 5.11 Å². The summed E-state index contributed by atoms with van der Waals surface area (Å²) in [6.45, 7) is -0.0702. The first-order valence-electron chi connectivity index (χ1n) is 6.26. The van der Waals surface area contributed by atoms with Crippen LogP contribution in [0.5, 0.6) is 0 Å². The summed E-state index contributed by atoms with van der Waals surface area (Å²) in [5.41, 5.74) is 2.43. The molecule has 1 N–H and O–H groups in total. The number of hydrogen-bond donors (Lipinski definition) is 1. The van der Waals surface area contributed by atoms with Gasteiger partial charge in [-0.3, -0.25) is 4.98 Å². The first-order valence-corrected chi connectivity index (χ1v) is 7.08. The van der Waals surface area contributed by atoms with Crippen LogP contribution in [-0.2, 0) is 6.61 Å². The first kappa shape index (κ1) is 11.1. The molecule has 19 heavy (non-hydrogen) atoms. The summed E-state index contributed by atoms with van der Waals surface area (Å²) >= 11 is 1.62. The van der Waals surface area contributed by atoms with E-state index in [4.69, 9.17) is 0 Å². The van der Waals surface area contributed by atoms with Gasteiger partial charge in [0.1, 0.15) is 5.01 Å². The predicted octanol–water partition coefficient (Wildman–Crippen LogP) is 2.22. The number of fused-ring (bicyclic) bond motifs is 1. The molecule has 5 nitrogen and oxygen atoms in total. The van der Waals surface area contributed by atoms with Gasteiger partial charge in [0.2, 0.25) is 4.96 Å². The molecule has 96 valence electrons. The molecule has 3 aromatic heterocycles. The summed E-state index contributed by atoms with van der Waals surface area (Å²) in [6.07, 6.45) is 5.93. The van der Waals surface area contributed by atoms with Gasteiger partial charge in [-0.05, 0) is 25.0 Å². The Kier molecular flexibility index (Phi) is 2.39. The number of aromatic nitrogens is 4. The average molecular weight is 272 g/mol. The minimum Gasteiger partial charge on any atom is -0.390 e. The zero-order chi connectivity index (χ0) is 12.8. The minimum absolute atomic E-state index is 0.0702. The molecular weight excluding hydrogens is 260 g/mol. The van der Waals surface area contributed by atoms with Gasteiger partial charge in [-0.25, -0.2) is 9.50 Å². The molecule has 3 aromatic rings. The fraction of sp³-hybridized carbons (Fsp3) is 0.308. The van der Waals surface area contributed by atoms with Gasteiger partial charge >= 0.3 is 0 Å². The molecule has 0 unspecified atom stereocenters. The van der Waals surface area contributed by atoms with E-state index in [1.54, 1.807) is 28.2 Å². The fourth-order valence-electron chi connectivity index (χ4n) is 2.18. The Morgan fingerprint density at radius 2 is 2.32 bits per heavy atom. The van der Waals surface area contributed by atoms with Crippen molar-refractivity contribution in [2.75, 3.05) is 0 Å². The van der Waals surface area contributed by atoms with Crippen molar-refractivity contribution in [2.45, 2.75) is 25.4 Å². The summed E-state index contributed by atoms with van der Waals surface area (Å²) < 4.78 is 1.78. The zero-order valence-corrected chi connectivity index (χ0v) is 11.0. The monoisotopic (exact) mass is 272 g/mol. The Balaban J connectivity index is 1.89. The Labute approximate surface area is 113 Å². The average Bonchev–Trinajstić information content (AvgIpc) is 3.12. The van der Waals surface area contributed by atoms with E-state index >= 15 is 0 Å². The third-order valence-corrected chi connectivity index (χ3v) is 4.39. The zero-order valence-electron chi connectivity index (χ0n) is 10.2. The smallest absolute Gasteiger partial charge is 0.213 e. The summed E-state index contributed by atoms with van der Waals surface area (Å²) in [4.78, 5) is 9.55. The van der Waals surface area contributed by atoms with Crippen LogP contribution in [0.3, 0.4) is 0 Å². The maximum atomic E-state index is 9.61. The maximum absolute atomic E-state index is 9.61. The molecule has 0 aliphatic heterocycles. The second-order valence-corrected chi connectivity index (χ2v) is 5.70. The summed E-state index contributed by atoms with van der Waals surface area (Å²) in [7, 11) is 0. The summed E-state index contributed by atoms with van der Waals surface area (Å²) in [6, 6.07) is 3.81. The highest BCUT2D eigenvalue weighted by atomic mass is 32.1. The van der Waals surface area contributed by atoms with Gasteiger partial charge in [-0.15, -0.1) is 0 Å². The van der Waals surface area contributed by atoms with Crippen LogP contribution in [0.25, 0.3) is 16.2 Å². The van der Waals surface area contributed by atoms with Crippen molar-refractivity contribution in [3.63, 3.8) is 0 Å². The topological polar surface area (TPSA) is 63.3 Å². The van der Waals surface area contributed by atoms with Crippen LogP contribution in [0.1, 0.15) is 29.5 Å². The van der Waals surface area contributed by atoms with E-state index in [0.29, 0.717) is 5.92 Å². The quantitative estimate of drug-likeness (QED) is 0.794. The van der Waals surface area contributed by atoms with Crippen LogP contribution in [-0.4, -0.2) is 24.7 Å². The van der Waals surface area contributed by atoms with Crippen LogP contribution in [0.4, 0.5) is 0 Å². The SMILES string of the molecule is OCc1c(-c2cccnc2)nc2sc(C3CC3)nn12. The molecule has 1 saturated carbocycles. The Morgan fingerprint density at radius 1 is 1.42 bits per heavy atom. The normalized spacial score (nSPS) is 15.2. The highest BCUT2D eigenvalue weighted by Gasteiger charge is 2.29. The second kappa shape index (κ2) is 4.11. The van der Waals surface area contributed by atoms with Gasteiger partial charge in [0, 0.05) is 23.9 Å². The molecule has 0 bridgehead atoms. The Bertz CT molecular complexity index is 730. The third-order valence-electron chi connectivity index (χ3n) is 3.32. The minimum atomic E-state index is -0.0702. The lowest BCUT2D eigenvalue weighted by Gasteiger charge is -1.99. The molecule has 1 aliphatic carbocycles. The van der Waals surface area contributed by atoms with Crippen LogP contribution in [0, 0.1) is 0 Å². The van der Waals surface area contributed by atoms with Gasteiger partial charge in [0.25, 0.3) is 0 Å². The number of hydrogen-bond acceptors (Lipinski definition) is 5. The fourth-order valence-corrected chi connectivity index (χ4v) is 3.26. The second-order valence-electron chi connectivity index (χ2n) is 4.72. The lowest BCUT2D eigenvalue weighted by Crippen LogP contribution is -1.96. The summed E-state index contributed by atoms with van der Waals surface area (Å²) in [5, 5.41) is 15.3. The molecule has 1 fully saturated rings. The lowest BCUT2D eigenvalue weighted by atomic mass is 10.2. The van der Waals surface area contributed by atoms with Crippen molar-refractivity contribution in [1.29, 1.82) is 0 Å². The van der Waals surface area contributed by atoms with Gasteiger partial charge in [-0.2, -0.15) is 5.10 Å². The summed E-state index contributed by atoms with van der Waals surface area (Å²) in [5.74, 6) is 0.611. The van der Waals surface area contributed by atoms with Crippen molar-refractivity contribution in [1.82, 2.24) is 19.6 Å². The molecule has 0 aromatic carbocycles. The molecule has 0 spiro atoms. The van der Waals surface area contributed by atoms with Gasteiger partial charge in [0.15, 0.2) is 0 Å². The Morgan fingerprint density at radius 3 is 3.00 bits per heavy atom. The van der Waals surface area contributed by atoms with Crippen molar-refractivity contribution in [3.8, 4) is 11.3 Å². The van der Waals surface area contributed by atoms with Gasteiger partial charge < -0.3 is 5.11 Å². The van der Waals surface area contributed by atoms with E-state index in [2.05, 4.69) is 15.1 Å². The van der Waals surface area contributed by atoms with Gasteiger partial charge in [0.05, 0.1) is 18.0 Å². The van der Waals surface area contributed by atoms with Crippen LogP contribution in [0.15, 0.2) is 24.5 Å². The third kappa shape index (κ3) is 1.75. The number of nitrogens with zero attached hydrogens (tertiary/aromatic N) is 4. The van der Waals surface area contributed by atoms with Crippen molar-refractivity contribution in [3.05, 3.63) is 35.2 Å². The maximum Gasteiger partial charge on any atom is 0.213 e. The molecule has 0 amide bonds. The largest absolute Gasteiger partial charge is 0.390 e. The molecule has 3 heterocycles. The number of imidazole rings is 1. The predicted molar refractivity (Wildman–Crippen MR) is 72.0 cm³/mol. The number of rotatable bonds is 3. The molecular formula is C13H12N4OS. The van der Waals surface area contributed by atoms with E-state index in [0.717, 1.165) is 26.9 Å². The molecule has 0 radical (unpaired) electrons. The molecule has 0 atom stereocenters. The molecule has 1 aliphatic rings. The Hall–Kier alpha value is -1.79. The highest BCUT2D eigenvalue weighted by molar-refractivity contribution is 7.16. The first-order chi connectivity index (χ1) is 9.36. The van der Waals surface area contributed by atoms with Crippen molar-refractivity contribution in [2.24, 2.45) is 0 Å². The standard InChI is InChI=1S/C13H12N4OS/c18-7-10-11(9-2-1-5-14-6-9)15-13-17(10)16-12(19-13)8-3-4-8/h1-2,5-6,8,18H,3-4,7H2. The van der Waals surface area contributed by atoms with E-state index in [-0.39, 0.29) is 6.61 Å². The van der Waals surface area contributed by atoms with Crippen molar-refractivity contribution >= 4 is 16.3 Å². The molecule has 4 rings (SSSR count). The van der Waals surface area contributed by atoms with Crippen LogP contribution in [0.2, 0.25) is 0 Å². The van der Waals surface area contributed by atoms with Crippen LogP contribution >= 0.6 is 11.3 Å². The highest BCUT2D eigenvalue weighted by Crippen LogP contribution is 2.42. The van der Waals surface area contributed by atoms with E-state index in [9.17, 15) is 5.11 Å². The van der Waals surface area contributed by atoms with E-state index in [1.165, 1.54) is 12.8 Å². The number of aliphatic hydroxyl groups excluding tert-OH is 1. The van der Waals surface area contributed by atoms with E-state index < -0.39 is 0 Å². The van der Waals surface area contributed by atoms with Crippen LogP contribution < -0.4 is 0 Å².